The van der Waals surface area contributed by atoms with Crippen molar-refractivity contribution >= 4 is 11.8 Å². The minimum atomic E-state index is -0.599. The van der Waals surface area contributed by atoms with Crippen LogP contribution in [0.4, 0.5) is 0 Å². The van der Waals surface area contributed by atoms with Gasteiger partial charge in [-0.2, -0.15) is 0 Å². The molecule has 172 valence electrons. The number of esters is 1. The largest absolute Gasteiger partial charge is 0.472 e. The Labute approximate surface area is 190 Å². The highest BCUT2D eigenvalue weighted by Crippen LogP contribution is 2.68. The first-order valence-corrected chi connectivity index (χ1v) is 11.9. The van der Waals surface area contributed by atoms with E-state index in [-0.39, 0.29) is 47.1 Å². The summed E-state index contributed by atoms with van der Waals surface area (Å²) in [6.07, 6.45) is 6.99. The molecule has 1 aliphatic heterocycles. The number of hydrogen-bond acceptors (Lipinski definition) is 5. The Morgan fingerprint density at radius 3 is 2.62 bits per heavy atom. The van der Waals surface area contributed by atoms with Crippen LogP contribution in [-0.2, 0) is 19.1 Å². The highest BCUT2D eigenvalue weighted by Gasteiger charge is 2.71. The zero-order chi connectivity index (χ0) is 23.0. The normalized spacial score (nSPS) is 42.9. The molecule has 1 saturated heterocycles. The second kappa shape index (κ2) is 7.18. The minimum absolute atomic E-state index is 0.0276. The van der Waals surface area contributed by atoms with Gasteiger partial charge < -0.3 is 13.9 Å². The smallest absolute Gasteiger partial charge is 0.303 e. The van der Waals surface area contributed by atoms with E-state index in [0.717, 1.165) is 18.4 Å². The molecular formula is C27H34O5. The van der Waals surface area contributed by atoms with Crippen LogP contribution in [0.3, 0.4) is 0 Å². The number of carbonyl (C=O) groups excluding carboxylic acids is 2. The number of carbonyl (C=O) groups is 2. The monoisotopic (exact) mass is 438 g/mol. The Morgan fingerprint density at radius 1 is 1.25 bits per heavy atom. The predicted molar refractivity (Wildman–Crippen MR) is 120 cm³/mol. The molecule has 1 saturated carbocycles. The van der Waals surface area contributed by atoms with E-state index in [4.69, 9.17) is 13.9 Å². The minimum Gasteiger partial charge on any atom is -0.472 e. The molecule has 0 radical (unpaired) electrons. The van der Waals surface area contributed by atoms with E-state index in [1.54, 1.807) is 6.26 Å². The van der Waals surface area contributed by atoms with Crippen LogP contribution in [0, 0.1) is 22.7 Å². The Kier molecular flexibility index (Phi) is 4.87. The van der Waals surface area contributed by atoms with Gasteiger partial charge in [0, 0.05) is 36.0 Å². The topological polar surface area (TPSA) is 65.7 Å². The average molecular weight is 439 g/mol. The maximum Gasteiger partial charge on any atom is 0.303 e. The second-order valence-corrected chi connectivity index (χ2v) is 10.6. The van der Waals surface area contributed by atoms with Gasteiger partial charge in [0.15, 0.2) is 0 Å². The number of Topliss-reactive ketones (excluding diaryl/α,β-unsaturated/α-hetero) is 1. The van der Waals surface area contributed by atoms with Crippen molar-refractivity contribution in [1.82, 2.24) is 0 Å². The Bertz CT molecular complexity index is 1020. The summed E-state index contributed by atoms with van der Waals surface area (Å²) in [6.45, 7) is 12.3. The molecule has 32 heavy (non-hydrogen) atoms. The third kappa shape index (κ3) is 2.60. The summed E-state index contributed by atoms with van der Waals surface area (Å²) in [5.74, 6) is 0.141. The van der Waals surface area contributed by atoms with Gasteiger partial charge in [-0.15, -0.1) is 0 Å². The molecule has 1 aromatic heterocycles. The van der Waals surface area contributed by atoms with Crippen molar-refractivity contribution in [3.63, 3.8) is 0 Å². The van der Waals surface area contributed by atoms with Crippen LogP contribution in [0.25, 0.3) is 0 Å². The van der Waals surface area contributed by atoms with E-state index >= 15 is 0 Å². The fourth-order valence-corrected chi connectivity index (χ4v) is 8.21. The summed E-state index contributed by atoms with van der Waals surface area (Å²) in [5.41, 5.74) is 3.97. The van der Waals surface area contributed by atoms with Crippen LogP contribution in [0.2, 0.25) is 0 Å². The maximum absolute atomic E-state index is 13.6. The van der Waals surface area contributed by atoms with Gasteiger partial charge in [-0.25, -0.2) is 0 Å². The van der Waals surface area contributed by atoms with E-state index in [1.165, 1.54) is 23.6 Å². The van der Waals surface area contributed by atoms with Crippen LogP contribution in [0.5, 0.6) is 0 Å². The van der Waals surface area contributed by atoms with Gasteiger partial charge in [-0.1, -0.05) is 44.4 Å². The van der Waals surface area contributed by atoms with Crippen molar-refractivity contribution in [3.05, 3.63) is 47.0 Å². The van der Waals surface area contributed by atoms with Crippen molar-refractivity contribution in [2.75, 3.05) is 0 Å². The molecular weight excluding hydrogens is 404 g/mol. The molecule has 8 atom stereocenters. The SMILES string of the molecule is CCC1C2(C)C3=C(C)C(c4ccoc4)CC3OC2C(OC(C)=O)C2C(C)=CCC(=O)C21C. The van der Waals surface area contributed by atoms with Crippen molar-refractivity contribution < 1.29 is 23.5 Å². The second-order valence-electron chi connectivity index (χ2n) is 10.6. The summed E-state index contributed by atoms with van der Waals surface area (Å²) in [7, 11) is 0. The standard InChI is InChI=1S/C27H34O5/c1-7-20-26(5)21(29)9-8-14(2)22(26)24(31-16(4)28)25-27(20,6)23-15(3)18(12-19(23)32-25)17-10-11-30-13-17/h8,10-11,13,18-20,22,24-25H,7,9,12H2,1-6H3. The van der Waals surface area contributed by atoms with E-state index in [0.29, 0.717) is 6.42 Å². The van der Waals surface area contributed by atoms with E-state index < -0.39 is 11.5 Å². The van der Waals surface area contributed by atoms with E-state index in [2.05, 4.69) is 34.6 Å². The molecule has 5 heteroatoms. The summed E-state index contributed by atoms with van der Waals surface area (Å²) >= 11 is 0. The third-order valence-electron chi connectivity index (χ3n) is 9.28. The van der Waals surface area contributed by atoms with Gasteiger partial charge >= 0.3 is 5.97 Å². The first-order chi connectivity index (χ1) is 15.1. The molecule has 4 aliphatic rings. The summed E-state index contributed by atoms with van der Waals surface area (Å²) in [4.78, 5) is 25.8. The lowest BCUT2D eigenvalue weighted by molar-refractivity contribution is -0.202. The summed E-state index contributed by atoms with van der Waals surface area (Å²) in [5, 5.41) is 0. The van der Waals surface area contributed by atoms with Crippen molar-refractivity contribution in [2.45, 2.75) is 85.0 Å². The fourth-order valence-electron chi connectivity index (χ4n) is 8.21. The van der Waals surface area contributed by atoms with Crippen LogP contribution >= 0.6 is 0 Å². The number of fused-ring (bicyclic) bond motifs is 4. The first-order valence-electron chi connectivity index (χ1n) is 11.9. The molecule has 0 aromatic carbocycles. The van der Waals surface area contributed by atoms with Gasteiger partial charge in [0.05, 0.1) is 18.6 Å². The number of ketones is 1. The number of furan rings is 1. The Morgan fingerprint density at radius 2 is 2.00 bits per heavy atom. The third-order valence-corrected chi connectivity index (χ3v) is 9.28. The quantitative estimate of drug-likeness (QED) is 0.469. The first kappa shape index (κ1) is 21.7. The highest BCUT2D eigenvalue weighted by atomic mass is 16.6. The lowest BCUT2D eigenvalue weighted by Crippen LogP contribution is -2.65. The van der Waals surface area contributed by atoms with Crippen molar-refractivity contribution in [3.8, 4) is 0 Å². The number of allylic oxidation sites excluding steroid dienone is 2. The molecule has 0 amide bonds. The van der Waals surface area contributed by atoms with Gasteiger partial charge in [0.25, 0.3) is 0 Å². The van der Waals surface area contributed by atoms with Crippen LogP contribution in [0.1, 0.15) is 72.3 Å². The molecule has 5 nitrogen and oxygen atoms in total. The molecule has 3 aliphatic carbocycles. The number of rotatable bonds is 3. The zero-order valence-corrected chi connectivity index (χ0v) is 19.9. The fraction of sp³-hybridized carbons (Fsp3) is 0.630. The lowest BCUT2D eigenvalue weighted by atomic mass is 9.44. The van der Waals surface area contributed by atoms with Crippen LogP contribution in [-0.4, -0.2) is 30.1 Å². The Balaban J connectivity index is 1.71. The van der Waals surface area contributed by atoms with Gasteiger partial charge in [-0.3, -0.25) is 9.59 Å². The van der Waals surface area contributed by atoms with Crippen LogP contribution < -0.4 is 0 Å². The van der Waals surface area contributed by atoms with Gasteiger partial charge in [-0.05, 0) is 43.4 Å². The summed E-state index contributed by atoms with van der Waals surface area (Å²) in [6, 6.07) is 2.03. The molecule has 1 aromatic rings. The molecule has 5 rings (SSSR count). The van der Waals surface area contributed by atoms with Gasteiger partial charge in [0.2, 0.25) is 0 Å². The maximum atomic E-state index is 13.6. The molecule has 0 spiro atoms. The molecule has 0 N–H and O–H groups in total. The number of ether oxygens (including phenoxy) is 2. The van der Waals surface area contributed by atoms with Crippen molar-refractivity contribution in [1.29, 1.82) is 0 Å². The van der Waals surface area contributed by atoms with Gasteiger partial charge in [0.1, 0.15) is 18.0 Å². The molecule has 8 unspecified atom stereocenters. The van der Waals surface area contributed by atoms with Crippen molar-refractivity contribution in [2.24, 2.45) is 22.7 Å². The highest BCUT2D eigenvalue weighted by molar-refractivity contribution is 5.89. The molecule has 2 heterocycles. The number of hydrogen-bond donors (Lipinski definition) is 0. The molecule has 0 bridgehead atoms. The average Bonchev–Trinajstić information content (AvgIpc) is 3.42. The van der Waals surface area contributed by atoms with Crippen LogP contribution in [0.15, 0.2) is 45.8 Å². The van der Waals surface area contributed by atoms with E-state index in [9.17, 15) is 9.59 Å². The summed E-state index contributed by atoms with van der Waals surface area (Å²) < 4.78 is 18.2. The predicted octanol–water partition coefficient (Wildman–Crippen LogP) is 5.37. The molecule has 2 fully saturated rings. The van der Waals surface area contributed by atoms with E-state index in [1.807, 2.05) is 18.4 Å². The lowest BCUT2D eigenvalue weighted by Gasteiger charge is -2.60. The Hall–Kier alpha value is -2.14. The zero-order valence-electron chi connectivity index (χ0n) is 19.9.